The summed E-state index contributed by atoms with van der Waals surface area (Å²) in [6, 6.07) is 5.38. The Hall–Kier alpha value is -1.83. The van der Waals surface area contributed by atoms with Crippen molar-refractivity contribution >= 4 is 29.1 Å². The zero-order valence-electron chi connectivity index (χ0n) is 15.8. The van der Waals surface area contributed by atoms with Crippen molar-refractivity contribution in [3.05, 3.63) is 23.2 Å². The van der Waals surface area contributed by atoms with Crippen molar-refractivity contribution in [3.63, 3.8) is 0 Å². The van der Waals surface area contributed by atoms with E-state index in [0.29, 0.717) is 29.0 Å². The first-order valence-corrected chi connectivity index (χ1v) is 9.74. The standard InChI is InChI=1S/C19H27ClN4O3/c1-13(19(26)21-15-4-5-15)24-9-7-23(8-10-24)12-18(25)22-16-11-14(20)3-6-17(16)27-2/h3,6,11,13,15H,4-5,7-10,12H2,1-2H3,(H,21,26)(H,22,25). The highest BCUT2D eigenvalue weighted by Crippen LogP contribution is 2.27. The average molecular weight is 395 g/mol. The van der Waals surface area contributed by atoms with Crippen LogP contribution in [0.1, 0.15) is 19.8 Å². The highest BCUT2D eigenvalue weighted by molar-refractivity contribution is 6.31. The maximum absolute atomic E-state index is 12.4. The quantitative estimate of drug-likeness (QED) is 0.734. The minimum atomic E-state index is -0.128. The number of ether oxygens (including phenoxy) is 1. The smallest absolute Gasteiger partial charge is 0.238 e. The van der Waals surface area contributed by atoms with Gasteiger partial charge in [0, 0.05) is 37.2 Å². The van der Waals surface area contributed by atoms with Crippen LogP contribution < -0.4 is 15.4 Å². The molecule has 7 nitrogen and oxygen atoms in total. The fourth-order valence-corrected chi connectivity index (χ4v) is 3.37. The SMILES string of the molecule is COc1ccc(Cl)cc1NC(=O)CN1CCN(C(C)C(=O)NC2CC2)CC1. The van der Waals surface area contributed by atoms with Gasteiger partial charge in [-0.3, -0.25) is 19.4 Å². The fraction of sp³-hybridized carbons (Fsp3) is 0.579. The molecule has 148 valence electrons. The van der Waals surface area contributed by atoms with Gasteiger partial charge in [-0.1, -0.05) is 11.6 Å². The van der Waals surface area contributed by atoms with E-state index in [1.165, 1.54) is 0 Å². The summed E-state index contributed by atoms with van der Waals surface area (Å²) in [5.41, 5.74) is 0.569. The molecule has 1 atom stereocenters. The van der Waals surface area contributed by atoms with Gasteiger partial charge in [0.2, 0.25) is 11.8 Å². The van der Waals surface area contributed by atoms with Crippen LogP contribution in [0, 0.1) is 0 Å². The van der Waals surface area contributed by atoms with Gasteiger partial charge in [-0.25, -0.2) is 0 Å². The van der Waals surface area contributed by atoms with Crippen molar-refractivity contribution in [3.8, 4) is 5.75 Å². The van der Waals surface area contributed by atoms with E-state index in [1.807, 2.05) is 6.92 Å². The molecule has 1 aliphatic heterocycles. The normalized spacial score (nSPS) is 19.4. The minimum Gasteiger partial charge on any atom is -0.495 e. The summed E-state index contributed by atoms with van der Waals surface area (Å²) in [4.78, 5) is 28.8. The van der Waals surface area contributed by atoms with Crippen LogP contribution in [-0.4, -0.2) is 73.5 Å². The molecule has 1 heterocycles. The number of anilines is 1. The molecule has 27 heavy (non-hydrogen) atoms. The van der Waals surface area contributed by atoms with Gasteiger partial charge < -0.3 is 15.4 Å². The number of nitrogens with one attached hydrogen (secondary N) is 2. The Morgan fingerprint density at radius 2 is 1.96 bits per heavy atom. The number of carbonyl (C=O) groups is 2. The summed E-state index contributed by atoms with van der Waals surface area (Å²) in [7, 11) is 1.55. The molecule has 0 radical (unpaired) electrons. The Bertz CT molecular complexity index is 688. The molecule has 1 aromatic rings. The molecule has 2 fully saturated rings. The van der Waals surface area contributed by atoms with Gasteiger partial charge in [0.15, 0.2) is 0 Å². The van der Waals surface area contributed by atoms with Gasteiger partial charge >= 0.3 is 0 Å². The summed E-state index contributed by atoms with van der Waals surface area (Å²) in [5.74, 6) is 0.577. The lowest BCUT2D eigenvalue weighted by Crippen LogP contribution is -2.55. The van der Waals surface area contributed by atoms with E-state index in [4.69, 9.17) is 16.3 Å². The second-order valence-corrected chi connectivity index (χ2v) is 7.60. The number of carbonyl (C=O) groups excluding carboxylic acids is 2. The molecule has 1 unspecified atom stereocenters. The lowest BCUT2D eigenvalue weighted by atomic mass is 10.2. The summed E-state index contributed by atoms with van der Waals surface area (Å²) >= 11 is 6.00. The molecule has 0 bridgehead atoms. The van der Waals surface area contributed by atoms with Crippen molar-refractivity contribution < 1.29 is 14.3 Å². The second-order valence-electron chi connectivity index (χ2n) is 7.16. The molecule has 1 aromatic carbocycles. The molecule has 2 N–H and O–H groups in total. The van der Waals surface area contributed by atoms with Crippen LogP contribution in [0.2, 0.25) is 5.02 Å². The van der Waals surface area contributed by atoms with E-state index in [2.05, 4.69) is 20.4 Å². The molecule has 2 amide bonds. The number of hydrogen-bond donors (Lipinski definition) is 2. The zero-order valence-corrected chi connectivity index (χ0v) is 16.6. The molecular weight excluding hydrogens is 368 g/mol. The average Bonchev–Trinajstić information content (AvgIpc) is 3.46. The third-order valence-corrected chi connectivity index (χ3v) is 5.30. The monoisotopic (exact) mass is 394 g/mol. The van der Waals surface area contributed by atoms with Gasteiger partial charge in [0.25, 0.3) is 0 Å². The van der Waals surface area contributed by atoms with Crippen molar-refractivity contribution in [2.75, 3.05) is 45.2 Å². The van der Waals surface area contributed by atoms with Crippen LogP contribution in [0.25, 0.3) is 0 Å². The maximum atomic E-state index is 12.4. The van der Waals surface area contributed by atoms with Crippen molar-refractivity contribution in [2.24, 2.45) is 0 Å². The number of hydrogen-bond acceptors (Lipinski definition) is 5. The Labute approximate surface area is 165 Å². The number of halogens is 1. The van der Waals surface area contributed by atoms with Gasteiger partial charge in [-0.05, 0) is 38.0 Å². The lowest BCUT2D eigenvalue weighted by molar-refractivity contribution is -0.127. The van der Waals surface area contributed by atoms with E-state index in [9.17, 15) is 9.59 Å². The van der Waals surface area contributed by atoms with E-state index in [-0.39, 0.29) is 17.9 Å². The van der Waals surface area contributed by atoms with Crippen LogP contribution >= 0.6 is 11.6 Å². The first-order chi connectivity index (χ1) is 13.0. The molecule has 8 heteroatoms. The van der Waals surface area contributed by atoms with E-state index in [1.54, 1.807) is 25.3 Å². The lowest BCUT2D eigenvalue weighted by Gasteiger charge is -2.37. The number of rotatable bonds is 7. The molecular formula is C19H27ClN4O3. The van der Waals surface area contributed by atoms with Gasteiger partial charge in [-0.15, -0.1) is 0 Å². The number of methoxy groups -OCH3 is 1. The van der Waals surface area contributed by atoms with Crippen LogP contribution in [0.4, 0.5) is 5.69 Å². The second kappa shape index (κ2) is 8.91. The van der Waals surface area contributed by atoms with E-state index < -0.39 is 0 Å². The first-order valence-electron chi connectivity index (χ1n) is 9.36. The zero-order chi connectivity index (χ0) is 19.4. The van der Waals surface area contributed by atoms with Gasteiger partial charge in [-0.2, -0.15) is 0 Å². The third kappa shape index (κ3) is 5.57. The van der Waals surface area contributed by atoms with Crippen molar-refractivity contribution in [1.29, 1.82) is 0 Å². The number of piperazine rings is 1. The Morgan fingerprint density at radius 1 is 1.26 bits per heavy atom. The Kier molecular flexibility index (Phi) is 6.57. The molecule has 2 aliphatic rings. The number of nitrogens with zero attached hydrogens (tertiary/aromatic N) is 2. The highest BCUT2D eigenvalue weighted by Gasteiger charge is 2.30. The maximum Gasteiger partial charge on any atom is 0.238 e. The molecule has 0 spiro atoms. The summed E-state index contributed by atoms with van der Waals surface area (Å²) in [6.45, 7) is 5.29. The van der Waals surface area contributed by atoms with Crippen LogP contribution in [-0.2, 0) is 9.59 Å². The van der Waals surface area contributed by atoms with Crippen LogP contribution in [0.3, 0.4) is 0 Å². The van der Waals surface area contributed by atoms with Gasteiger partial charge in [0.1, 0.15) is 5.75 Å². The van der Waals surface area contributed by atoms with Crippen LogP contribution in [0.15, 0.2) is 18.2 Å². The Balaban J connectivity index is 1.45. The number of amides is 2. The molecule has 1 saturated heterocycles. The predicted octanol–water partition coefficient (Wildman–Crippen LogP) is 1.57. The Morgan fingerprint density at radius 3 is 2.59 bits per heavy atom. The van der Waals surface area contributed by atoms with Gasteiger partial charge in [0.05, 0.1) is 25.4 Å². The highest BCUT2D eigenvalue weighted by atomic mass is 35.5. The first kappa shape index (κ1) is 19.9. The van der Waals surface area contributed by atoms with Crippen molar-refractivity contribution in [1.82, 2.24) is 15.1 Å². The molecule has 1 saturated carbocycles. The molecule has 3 rings (SSSR count). The fourth-order valence-electron chi connectivity index (χ4n) is 3.19. The summed E-state index contributed by atoms with van der Waals surface area (Å²) in [5, 5.41) is 6.46. The largest absolute Gasteiger partial charge is 0.495 e. The van der Waals surface area contributed by atoms with Crippen LogP contribution in [0.5, 0.6) is 5.75 Å². The topological polar surface area (TPSA) is 73.9 Å². The van der Waals surface area contributed by atoms with Crippen molar-refractivity contribution in [2.45, 2.75) is 31.8 Å². The minimum absolute atomic E-state index is 0.108. The number of benzene rings is 1. The molecule has 1 aliphatic carbocycles. The molecule has 0 aromatic heterocycles. The predicted molar refractivity (Wildman–Crippen MR) is 105 cm³/mol. The summed E-state index contributed by atoms with van der Waals surface area (Å²) in [6.07, 6.45) is 2.19. The summed E-state index contributed by atoms with van der Waals surface area (Å²) < 4.78 is 5.25. The third-order valence-electron chi connectivity index (χ3n) is 5.06. The van der Waals surface area contributed by atoms with E-state index >= 15 is 0 Å². The van der Waals surface area contributed by atoms with E-state index in [0.717, 1.165) is 39.0 Å².